The predicted molar refractivity (Wildman–Crippen MR) is 66.3 cm³/mol. The zero-order valence-electron chi connectivity index (χ0n) is 10.3. The van der Waals surface area contributed by atoms with E-state index in [1.54, 1.807) is 19.2 Å². The second-order valence-corrected chi connectivity index (χ2v) is 4.61. The van der Waals surface area contributed by atoms with Crippen molar-refractivity contribution in [2.75, 3.05) is 7.11 Å². The lowest BCUT2D eigenvalue weighted by Gasteiger charge is -2.08. The number of hydrogen-bond acceptors (Lipinski definition) is 3. The number of carboxylic acid groups (broad SMARTS) is 1. The molecule has 1 aromatic heterocycles. The van der Waals surface area contributed by atoms with Gasteiger partial charge in [-0.15, -0.1) is 0 Å². The van der Waals surface area contributed by atoms with Crippen LogP contribution in [0.5, 0.6) is 5.75 Å². The third kappa shape index (κ3) is 1.54. The summed E-state index contributed by atoms with van der Waals surface area (Å²) < 4.78 is 7.48. The Kier molecular flexibility index (Phi) is 2.29. The summed E-state index contributed by atoms with van der Waals surface area (Å²) in [6.07, 6.45) is 2.30. The summed E-state index contributed by atoms with van der Waals surface area (Å²) >= 11 is 0. The topological polar surface area (TPSA) is 64.3 Å². The molecule has 3 rings (SSSR count). The maximum atomic E-state index is 11.1. The van der Waals surface area contributed by atoms with E-state index in [0.717, 1.165) is 24.2 Å². The minimum absolute atomic E-state index is 0.208. The van der Waals surface area contributed by atoms with Gasteiger partial charge in [0, 0.05) is 6.04 Å². The summed E-state index contributed by atoms with van der Waals surface area (Å²) in [4.78, 5) is 15.5. The van der Waals surface area contributed by atoms with Crippen LogP contribution in [0.1, 0.15) is 35.1 Å². The van der Waals surface area contributed by atoms with Crippen molar-refractivity contribution in [3.8, 4) is 5.75 Å². The Bertz CT molecular complexity index is 641. The van der Waals surface area contributed by atoms with E-state index >= 15 is 0 Å². The molecule has 1 aliphatic rings. The minimum Gasteiger partial charge on any atom is -0.494 e. The molecular weight excluding hydrogens is 232 g/mol. The van der Waals surface area contributed by atoms with Gasteiger partial charge >= 0.3 is 5.97 Å². The fourth-order valence-corrected chi connectivity index (χ4v) is 2.37. The molecule has 0 bridgehead atoms. The van der Waals surface area contributed by atoms with Crippen LogP contribution in [0.4, 0.5) is 0 Å². The summed E-state index contributed by atoms with van der Waals surface area (Å²) in [5.41, 5.74) is 1.80. The van der Waals surface area contributed by atoms with Crippen molar-refractivity contribution in [3.63, 3.8) is 0 Å². The molecule has 0 saturated heterocycles. The number of hydrogen-bond donors (Lipinski definition) is 1. The van der Waals surface area contributed by atoms with Crippen LogP contribution < -0.4 is 4.74 Å². The second-order valence-electron chi connectivity index (χ2n) is 4.61. The molecule has 5 nitrogen and oxygen atoms in total. The van der Waals surface area contributed by atoms with Crippen LogP contribution >= 0.6 is 0 Å². The van der Waals surface area contributed by atoms with Gasteiger partial charge < -0.3 is 14.4 Å². The number of carbonyl (C=O) groups is 1. The van der Waals surface area contributed by atoms with Crippen LogP contribution in [0.2, 0.25) is 0 Å². The van der Waals surface area contributed by atoms with Crippen LogP contribution in [0, 0.1) is 6.92 Å². The third-order valence-corrected chi connectivity index (χ3v) is 3.31. The Morgan fingerprint density at radius 1 is 1.50 bits per heavy atom. The Hall–Kier alpha value is -2.04. The molecule has 0 aliphatic heterocycles. The standard InChI is InChI=1S/C13H14N2O3/c1-7-14-10-5-8(13(16)17)6-11(18-2)12(10)15(7)9-3-4-9/h5-6,9H,3-4H2,1-2H3,(H,16,17). The van der Waals surface area contributed by atoms with Gasteiger partial charge in [-0.2, -0.15) is 0 Å². The molecule has 1 heterocycles. The fraction of sp³-hybridized carbons (Fsp3) is 0.385. The fourth-order valence-electron chi connectivity index (χ4n) is 2.37. The number of imidazole rings is 1. The number of nitrogens with zero attached hydrogens (tertiary/aromatic N) is 2. The number of fused-ring (bicyclic) bond motifs is 1. The van der Waals surface area contributed by atoms with E-state index in [1.165, 1.54) is 0 Å². The molecule has 1 N–H and O–H groups in total. The van der Waals surface area contributed by atoms with Gasteiger partial charge in [-0.25, -0.2) is 9.78 Å². The van der Waals surface area contributed by atoms with Crippen LogP contribution in [0.25, 0.3) is 11.0 Å². The largest absolute Gasteiger partial charge is 0.494 e. The van der Waals surface area contributed by atoms with Crippen LogP contribution in [-0.2, 0) is 0 Å². The highest BCUT2D eigenvalue weighted by Crippen LogP contribution is 2.41. The number of aromatic carboxylic acids is 1. The Morgan fingerprint density at radius 3 is 2.78 bits per heavy atom. The lowest BCUT2D eigenvalue weighted by atomic mass is 10.2. The molecule has 1 aliphatic carbocycles. The highest BCUT2D eigenvalue weighted by molar-refractivity contribution is 5.95. The quantitative estimate of drug-likeness (QED) is 0.903. The van der Waals surface area contributed by atoms with E-state index in [-0.39, 0.29) is 5.56 Å². The number of methoxy groups -OCH3 is 1. The number of aromatic nitrogens is 2. The first-order chi connectivity index (χ1) is 8.61. The minimum atomic E-state index is -0.964. The maximum absolute atomic E-state index is 11.1. The summed E-state index contributed by atoms with van der Waals surface area (Å²) in [5, 5.41) is 9.07. The van der Waals surface area contributed by atoms with Gasteiger partial charge in [0.2, 0.25) is 0 Å². The van der Waals surface area contributed by atoms with E-state index in [2.05, 4.69) is 9.55 Å². The molecule has 18 heavy (non-hydrogen) atoms. The van der Waals surface area contributed by atoms with Gasteiger partial charge in [-0.05, 0) is 31.9 Å². The summed E-state index contributed by atoms with van der Waals surface area (Å²) in [6, 6.07) is 3.65. The van der Waals surface area contributed by atoms with Crippen LogP contribution in [-0.4, -0.2) is 27.7 Å². The molecule has 0 spiro atoms. The molecular formula is C13H14N2O3. The average Bonchev–Trinajstić information content (AvgIpc) is 3.10. The average molecular weight is 246 g/mol. The number of aryl methyl sites for hydroxylation is 1. The van der Waals surface area contributed by atoms with Crippen molar-refractivity contribution in [1.29, 1.82) is 0 Å². The van der Waals surface area contributed by atoms with Gasteiger partial charge in [-0.1, -0.05) is 0 Å². The molecule has 0 amide bonds. The first kappa shape index (κ1) is 11.1. The molecule has 0 atom stereocenters. The van der Waals surface area contributed by atoms with E-state index in [9.17, 15) is 4.79 Å². The maximum Gasteiger partial charge on any atom is 0.335 e. The van der Waals surface area contributed by atoms with Crippen molar-refractivity contribution < 1.29 is 14.6 Å². The number of carboxylic acids is 1. The Balaban J connectivity index is 2.32. The predicted octanol–water partition coefficient (Wildman–Crippen LogP) is 2.39. The van der Waals surface area contributed by atoms with Crippen LogP contribution in [0.3, 0.4) is 0 Å². The molecule has 94 valence electrons. The van der Waals surface area contributed by atoms with E-state index < -0.39 is 5.97 Å². The molecule has 0 unspecified atom stereocenters. The first-order valence-electron chi connectivity index (χ1n) is 5.91. The van der Waals surface area contributed by atoms with Crippen molar-refractivity contribution in [2.45, 2.75) is 25.8 Å². The zero-order valence-corrected chi connectivity index (χ0v) is 10.3. The third-order valence-electron chi connectivity index (χ3n) is 3.31. The monoisotopic (exact) mass is 246 g/mol. The highest BCUT2D eigenvalue weighted by atomic mass is 16.5. The van der Waals surface area contributed by atoms with Crippen molar-refractivity contribution in [2.24, 2.45) is 0 Å². The first-order valence-corrected chi connectivity index (χ1v) is 5.91. The van der Waals surface area contributed by atoms with Gasteiger partial charge in [0.15, 0.2) is 0 Å². The number of rotatable bonds is 3. The molecule has 5 heteroatoms. The van der Waals surface area contributed by atoms with Gasteiger partial charge in [0.25, 0.3) is 0 Å². The Morgan fingerprint density at radius 2 is 2.22 bits per heavy atom. The zero-order chi connectivity index (χ0) is 12.9. The summed E-state index contributed by atoms with van der Waals surface area (Å²) in [5.74, 6) is 0.527. The second kappa shape index (κ2) is 3.73. The van der Waals surface area contributed by atoms with Crippen molar-refractivity contribution in [3.05, 3.63) is 23.5 Å². The summed E-state index contributed by atoms with van der Waals surface area (Å²) in [6.45, 7) is 1.94. The lowest BCUT2D eigenvalue weighted by Crippen LogP contribution is -2.00. The lowest BCUT2D eigenvalue weighted by molar-refractivity contribution is 0.0696. The van der Waals surface area contributed by atoms with E-state index in [1.807, 2.05) is 6.92 Å². The normalized spacial score (nSPS) is 15.0. The Labute approximate surface area is 104 Å². The smallest absolute Gasteiger partial charge is 0.335 e. The van der Waals surface area contributed by atoms with Crippen LogP contribution in [0.15, 0.2) is 12.1 Å². The van der Waals surface area contributed by atoms with Gasteiger partial charge in [0.05, 0.1) is 18.2 Å². The van der Waals surface area contributed by atoms with E-state index in [0.29, 0.717) is 17.3 Å². The number of benzene rings is 1. The SMILES string of the molecule is COc1cc(C(=O)O)cc2nc(C)n(C3CC3)c12. The van der Waals surface area contributed by atoms with Gasteiger partial charge in [-0.3, -0.25) is 0 Å². The van der Waals surface area contributed by atoms with E-state index in [4.69, 9.17) is 9.84 Å². The number of ether oxygens (including phenoxy) is 1. The molecule has 1 fully saturated rings. The highest BCUT2D eigenvalue weighted by Gasteiger charge is 2.28. The van der Waals surface area contributed by atoms with Crippen molar-refractivity contribution >= 4 is 17.0 Å². The molecule has 1 saturated carbocycles. The van der Waals surface area contributed by atoms with Crippen molar-refractivity contribution in [1.82, 2.24) is 9.55 Å². The van der Waals surface area contributed by atoms with Gasteiger partial charge in [0.1, 0.15) is 17.1 Å². The molecule has 1 aromatic carbocycles. The summed E-state index contributed by atoms with van der Waals surface area (Å²) in [7, 11) is 1.56. The molecule has 0 radical (unpaired) electrons. The molecule has 2 aromatic rings.